The fourth-order valence-corrected chi connectivity index (χ4v) is 6.51. The second-order valence-electron chi connectivity index (χ2n) is 10.4. The molecule has 178 valence electrons. The van der Waals surface area contributed by atoms with E-state index in [1.54, 1.807) is 19.2 Å². The molecule has 1 aromatic rings. The summed E-state index contributed by atoms with van der Waals surface area (Å²) >= 11 is 0. The minimum Gasteiger partial charge on any atom is -0.381 e. The van der Waals surface area contributed by atoms with Crippen molar-refractivity contribution in [1.29, 1.82) is 5.26 Å². The van der Waals surface area contributed by atoms with E-state index in [0.29, 0.717) is 0 Å². The molecule has 32 heavy (non-hydrogen) atoms. The van der Waals surface area contributed by atoms with Crippen LogP contribution in [0.5, 0.6) is 0 Å². The fraction of sp³-hybridized carbons (Fsp3) is 0.750. The van der Waals surface area contributed by atoms with Gasteiger partial charge in [0.05, 0.1) is 17.6 Å². The van der Waals surface area contributed by atoms with E-state index in [1.165, 1.54) is 25.3 Å². The Morgan fingerprint density at radius 2 is 1.94 bits per heavy atom. The number of hydrogen-bond donors (Lipinski definition) is 0. The Hall–Kier alpha value is -1.44. The van der Waals surface area contributed by atoms with E-state index in [4.69, 9.17) is 4.74 Å². The van der Waals surface area contributed by atoms with Crippen LogP contribution in [-0.2, 0) is 10.2 Å². The Labute approximate surface area is 195 Å². The highest BCUT2D eigenvalue weighted by atomic mass is 19.1. The average molecular weight is 443 g/mol. The topological polar surface area (TPSA) is 36.3 Å². The Kier molecular flexibility index (Phi) is 9.14. The van der Waals surface area contributed by atoms with E-state index in [2.05, 4.69) is 31.7 Å². The van der Waals surface area contributed by atoms with Crippen molar-refractivity contribution in [3.8, 4) is 6.07 Å². The lowest BCUT2D eigenvalue weighted by Crippen LogP contribution is -2.49. The van der Waals surface area contributed by atoms with Crippen molar-refractivity contribution < 1.29 is 9.13 Å². The van der Waals surface area contributed by atoms with Gasteiger partial charge in [-0.15, -0.1) is 0 Å². The molecule has 1 heterocycles. The SMILES string of the molecule is CCC(C)CC(CC)CN1CCC([C@@](C#N)(c2cccc(F)c2)[C@H]2CCC[C@@H]2OC)CC1. The van der Waals surface area contributed by atoms with Crippen molar-refractivity contribution in [2.75, 3.05) is 26.7 Å². The normalized spacial score (nSPS) is 26.4. The summed E-state index contributed by atoms with van der Waals surface area (Å²) < 4.78 is 20.2. The van der Waals surface area contributed by atoms with Crippen LogP contribution < -0.4 is 0 Å². The van der Waals surface area contributed by atoms with E-state index in [0.717, 1.165) is 69.1 Å². The summed E-state index contributed by atoms with van der Waals surface area (Å²) in [4.78, 5) is 2.61. The zero-order valence-electron chi connectivity index (χ0n) is 20.7. The van der Waals surface area contributed by atoms with Crippen molar-refractivity contribution in [1.82, 2.24) is 4.90 Å². The van der Waals surface area contributed by atoms with E-state index < -0.39 is 5.41 Å². The van der Waals surface area contributed by atoms with Crippen molar-refractivity contribution >= 4 is 0 Å². The van der Waals surface area contributed by atoms with E-state index in [-0.39, 0.29) is 23.8 Å². The van der Waals surface area contributed by atoms with Crippen LogP contribution in [0.25, 0.3) is 0 Å². The lowest BCUT2D eigenvalue weighted by molar-refractivity contribution is 0.0192. The smallest absolute Gasteiger partial charge is 0.123 e. The number of benzene rings is 1. The molecule has 2 fully saturated rings. The number of hydrogen-bond acceptors (Lipinski definition) is 3. The zero-order valence-corrected chi connectivity index (χ0v) is 20.7. The summed E-state index contributed by atoms with van der Waals surface area (Å²) in [5.74, 6) is 1.65. The summed E-state index contributed by atoms with van der Waals surface area (Å²) in [6.07, 6.45) is 8.91. The third kappa shape index (κ3) is 5.37. The number of piperidine rings is 1. The number of ether oxygens (including phenoxy) is 1. The number of halogens is 1. The monoisotopic (exact) mass is 442 g/mol. The summed E-state index contributed by atoms with van der Waals surface area (Å²) in [6, 6.07) is 9.61. The maximum absolute atomic E-state index is 14.3. The van der Waals surface area contributed by atoms with Gasteiger partial charge in [-0.2, -0.15) is 5.26 Å². The van der Waals surface area contributed by atoms with Gasteiger partial charge in [0.2, 0.25) is 0 Å². The standard InChI is InChI=1S/C28H43FN2O/c1-5-21(3)17-22(6-2)19-31-15-13-23(14-16-31)28(20-30,24-9-7-10-25(29)18-24)26-11-8-12-27(26)32-4/h7,9-10,18,21-23,26-27H,5-6,8,11-17,19H2,1-4H3/t21?,22?,26-,27-,28-/m0/s1. The lowest BCUT2D eigenvalue weighted by Gasteiger charge is -2.46. The van der Waals surface area contributed by atoms with Crippen LogP contribution in [0.15, 0.2) is 24.3 Å². The van der Waals surface area contributed by atoms with Crippen molar-refractivity contribution in [2.24, 2.45) is 23.7 Å². The molecule has 5 atom stereocenters. The molecule has 1 aliphatic heterocycles. The predicted octanol–water partition coefficient (Wildman–Crippen LogP) is 6.58. The van der Waals surface area contributed by atoms with Gasteiger partial charge in [0.1, 0.15) is 5.82 Å². The molecule has 1 saturated carbocycles. The Balaban J connectivity index is 1.80. The minimum atomic E-state index is -0.674. The molecule has 0 radical (unpaired) electrons. The van der Waals surface area contributed by atoms with Crippen LogP contribution in [0.3, 0.4) is 0 Å². The molecule has 1 saturated heterocycles. The number of methoxy groups -OCH3 is 1. The molecule has 1 aliphatic carbocycles. The van der Waals surface area contributed by atoms with Crippen LogP contribution in [0.2, 0.25) is 0 Å². The molecule has 4 heteroatoms. The van der Waals surface area contributed by atoms with Gasteiger partial charge < -0.3 is 9.64 Å². The van der Waals surface area contributed by atoms with Gasteiger partial charge in [-0.3, -0.25) is 0 Å². The Bertz CT molecular complexity index is 754. The molecule has 0 N–H and O–H groups in total. The van der Waals surface area contributed by atoms with Gasteiger partial charge >= 0.3 is 0 Å². The van der Waals surface area contributed by atoms with Crippen LogP contribution in [0, 0.1) is 40.8 Å². The maximum atomic E-state index is 14.3. The van der Waals surface area contributed by atoms with Gasteiger partial charge in [0.15, 0.2) is 0 Å². The molecule has 0 spiro atoms. The molecular formula is C28H43FN2O. The largest absolute Gasteiger partial charge is 0.381 e. The average Bonchev–Trinajstić information content (AvgIpc) is 3.29. The van der Waals surface area contributed by atoms with Crippen LogP contribution in [0.1, 0.15) is 77.7 Å². The van der Waals surface area contributed by atoms with E-state index in [1.807, 2.05) is 6.07 Å². The highest BCUT2D eigenvalue weighted by Gasteiger charge is 2.52. The summed E-state index contributed by atoms with van der Waals surface area (Å²) in [7, 11) is 1.77. The first kappa shape index (κ1) is 25.2. The molecular weight excluding hydrogens is 399 g/mol. The van der Waals surface area contributed by atoms with Crippen molar-refractivity contribution in [3.05, 3.63) is 35.6 Å². The van der Waals surface area contributed by atoms with E-state index in [9.17, 15) is 9.65 Å². The lowest BCUT2D eigenvalue weighted by atomic mass is 9.59. The number of nitriles is 1. The first-order chi connectivity index (χ1) is 15.5. The third-order valence-electron chi connectivity index (χ3n) is 8.59. The molecule has 2 unspecified atom stereocenters. The van der Waals surface area contributed by atoms with Crippen LogP contribution in [-0.4, -0.2) is 37.7 Å². The number of rotatable bonds is 10. The summed E-state index contributed by atoms with van der Waals surface area (Å²) in [5.41, 5.74) is 0.183. The predicted molar refractivity (Wildman–Crippen MR) is 129 cm³/mol. The second-order valence-corrected chi connectivity index (χ2v) is 10.4. The van der Waals surface area contributed by atoms with E-state index >= 15 is 0 Å². The van der Waals surface area contributed by atoms with Crippen LogP contribution in [0.4, 0.5) is 4.39 Å². The van der Waals surface area contributed by atoms with Gasteiger partial charge in [0.25, 0.3) is 0 Å². The molecule has 0 amide bonds. The number of nitrogens with zero attached hydrogens (tertiary/aromatic N) is 2. The highest BCUT2D eigenvalue weighted by molar-refractivity contribution is 5.37. The minimum absolute atomic E-state index is 0.0796. The Morgan fingerprint density at radius 3 is 2.53 bits per heavy atom. The van der Waals surface area contributed by atoms with Crippen molar-refractivity contribution in [3.63, 3.8) is 0 Å². The summed E-state index contributed by atoms with van der Waals surface area (Å²) in [6.45, 7) is 10.2. The first-order valence-corrected chi connectivity index (χ1v) is 12.9. The quantitative estimate of drug-likeness (QED) is 0.411. The van der Waals surface area contributed by atoms with Gasteiger partial charge in [0, 0.05) is 19.6 Å². The molecule has 2 aliphatic rings. The zero-order chi connectivity index (χ0) is 23.1. The fourth-order valence-electron chi connectivity index (χ4n) is 6.51. The maximum Gasteiger partial charge on any atom is 0.123 e. The molecule has 0 aromatic heterocycles. The third-order valence-corrected chi connectivity index (χ3v) is 8.59. The first-order valence-electron chi connectivity index (χ1n) is 12.9. The molecule has 3 nitrogen and oxygen atoms in total. The van der Waals surface area contributed by atoms with Gasteiger partial charge in [-0.1, -0.05) is 52.2 Å². The Morgan fingerprint density at radius 1 is 1.19 bits per heavy atom. The molecule has 0 bridgehead atoms. The van der Waals surface area contributed by atoms with Gasteiger partial charge in [-0.05, 0) is 80.6 Å². The van der Waals surface area contributed by atoms with Gasteiger partial charge in [-0.25, -0.2) is 4.39 Å². The number of likely N-dealkylation sites (tertiary alicyclic amines) is 1. The highest BCUT2D eigenvalue weighted by Crippen LogP contribution is 2.50. The van der Waals surface area contributed by atoms with Crippen molar-refractivity contribution in [2.45, 2.75) is 83.7 Å². The van der Waals surface area contributed by atoms with Crippen LogP contribution >= 0.6 is 0 Å². The molecule has 1 aromatic carbocycles. The molecule has 3 rings (SSSR count). The second kappa shape index (κ2) is 11.6. The summed E-state index contributed by atoms with van der Waals surface area (Å²) in [5, 5.41) is 10.7.